The summed E-state index contributed by atoms with van der Waals surface area (Å²) >= 11 is 0. The molecule has 12 heteroatoms. The van der Waals surface area contributed by atoms with Gasteiger partial charge in [0, 0.05) is 46.6 Å². The SMILES string of the molecule is CC(=O)NCCCCCCn1c(=O)n(CCCCCCN=C=O)c(=O)n(CCCCCCNC(C)=O)c1=O. The number of isocyanates is 1. The molecular formula is C26H44N6O6. The molecule has 38 heavy (non-hydrogen) atoms. The van der Waals surface area contributed by atoms with E-state index in [0.717, 1.165) is 57.8 Å². The van der Waals surface area contributed by atoms with Crippen molar-refractivity contribution in [3.63, 3.8) is 0 Å². The summed E-state index contributed by atoms with van der Waals surface area (Å²) in [5.74, 6) is -0.136. The Morgan fingerprint density at radius 2 is 0.947 bits per heavy atom. The molecule has 0 bridgehead atoms. The first-order valence-corrected chi connectivity index (χ1v) is 13.8. The fraction of sp³-hybridized carbons (Fsp3) is 0.769. The number of carbonyl (C=O) groups excluding carboxylic acids is 3. The van der Waals surface area contributed by atoms with Gasteiger partial charge in [0.25, 0.3) is 0 Å². The summed E-state index contributed by atoms with van der Waals surface area (Å²) < 4.78 is 3.51. The first kappa shape index (κ1) is 32.8. The molecular weight excluding hydrogens is 492 g/mol. The molecule has 0 aliphatic heterocycles. The van der Waals surface area contributed by atoms with Crippen LogP contribution in [0.15, 0.2) is 19.4 Å². The molecule has 0 saturated heterocycles. The minimum atomic E-state index is -0.574. The van der Waals surface area contributed by atoms with Crippen molar-refractivity contribution in [2.75, 3.05) is 19.6 Å². The minimum Gasteiger partial charge on any atom is -0.356 e. The van der Waals surface area contributed by atoms with Gasteiger partial charge in [-0.15, -0.1) is 0 Å². The first-order chi connectivity index (χ1) is 18.3. The predicted octanol–water partition coefficient (Wildman–Crippen LogP) is 1.46. The van der Waals surface area contributed by atoms with Crippen LogP contribution in [0.3, 0.4) is 0 Å². The number of nitrogens with one attached hydrogen (secondary N) is 2. The number of hydrogen-bond acceptors (Lipinski definition) is 7. The quantitative estimate of drug-likeness (QED) is 0.138. The number of carbonyl (C=O) groups is 2. The summed E-state index contributed by atoms with van der Waals surface area (Å²) in [5, 5.41) is 5.49. The Balaban J connectivity index is 2.83. The van der Waals surface area contributed by atoms with Gasteiger partial charge in [-0.1, -0.05) is 38.5 Å². The van der Waals surface area contributed by atoms with Crippen LogP contribution in [-0.4, -0.2) is 51.2 Å². The Morgan fingerprint density at radius 1 is 0.605 bits per heavy atom. The van der Waals surface area contributed by atoms with E-state index in [4.69, 9.17) is 0 Å². The van der Waals surface area contributed by atoms with Gasteiger partial charge in [-0.05, 0) is 38.5 Å². The van der Waals surface area contributed by atoms with Crippen molar-refractivity contribution >= 4 is 17.9 Å². The third-order valence-corrected chi connectivity index (χ3v) is 6.22. The van der Waals surface area contributed by atoms with E-state index in [-0.39, 0.29) is 31.4 Å². The van der Waals surface area contributed by atoms with E-state index in [1.54, 1.807) is 0 Å². The Hall–Kier alpha value is -3.27. The molecule has 0 aliphatic rings. The van der Waals surface area contributed by atoms with Crippen molar-refractivity contribution in [2.24, 2.45) is 4.99 Å². The van der Waals surface area contributed by atoms with E-state index in [2.05, 4.69) is 15.6 Å². The molecule has 12 nitrogen and oxygen atoms in total. The average molecular weight is 537 g/mol. The van der Waals surface area contributed by atoms with Gasteiger partial charge in [0.1, 0.15) is 0 Å². The molecule has 1 heterocycles. The lowest BCUT2D eigenvalue weighted by Gasteiger charge is -2.14. The average Bonchev–Trinajstić information content (AvgIpc) is 2.87. The third-order valence-electron chi connectivity index (χ3n) is 6.22. The maximum atomic E-state index is 13.1. The number of hydrogen-bond donors (Lipinski definition) is 2. The molecule has 1 rings (SSSR count). The fourth-order valence-corrected chi connectivity index (χ4v) is 4.14. The van der Waals surface area contributed by atoms with Gasteiger partial charge in [0.15, 0.2) is 0 Å². The summed E-state index contributed by atoms with van der Waals surface area (Å²) in [7, 11) is 0. The van der Waals surface area contributed by atoms with Crippen LogP contribution in [0.2, 0.25) is 0 Å². The molecule has 0 saturated carbocycles. The monoisotopic (exact) mass is 536 g/mol. The zero-order valence-corrected chi connectivity index (χ0v) is 23.0. The van der Waals surface area contributed by atoms with Gasteiger partial charge in [0.05, 0.1) is 6.54 Å². The molecule has 0 spiro atoms. The van der Waals surface area contributed by atoms with Crippen LogP contribution in [0.4, 0.5) is 0 Å². The summed E-state index contributed by atoms with van der Waals surface area (Å²) in [6.07, 6.45) is 10.6. The standard InChI is InChI=1S/C26H44N6O6/c1-22(34)28-16-10-4-7-13-19-31-24(36)30(18-12-6-3-9-15-27-21-33)25(37)32(26(31)38)20-14-8-5-11-17-29-23(2)35/h3-20H2,1-2H3,(H,28,34)(H,29,35). The highest BCUT2D eigenvalue weighted by Gasteiger charge is 2.15. The molecule has 1 aromatic heterocycles. The van der Waals surface area contributed by atoms with Crippen LogP contribution in [0.5, 0.6) is 0 Å². The second-order valence-electron chi connectivity index (χ2n) is 9.48. The Kier molecular flexibility index (Phi) is 17.1. The molecule has 0 fully saturated rings. The number of nitrogens with zero attached hydrogens (tertiary/aromatic N) is 4. The lowest BCUT2D eigenvalue weighted by molar-refractivity contribution is -0.119. The minimum absolute atomic E-state index is 0.0680. The zero-order chi connectivity index (χ0) is 28.2. The van der Waals surface area contributed by atoms with Crippen LogP contribution in [-0.2, 0) is 34.0 Å². The molecule has 0 aromatic carbocycles. The predicted molar refractivity (Wildman–Crippen MR) is 145 cm³/mol. The van der Waals surface area contributed by atoms with Crippen LogP contribution in [0.1, 0.15) is 90.9 Å². The van der Waals surface area contributed by atoms with Gasteiger partial charge in [-0.2, -0.15) is 0 Å². The van der Waals surface area contributed by atoms with E-state index in [0.29, 0.717) is 38.9 Å². The topological polar surface area (TPSA) is 154 Å². The maximum absolute atomic E-state index is 13.1. The summed E-state index contributed by atoms with van der Waals surface area (Å²) in [6, 6.07) is 0. The largest absolute Gasteiger partial charge is 0.356 e. The molecule has 0 aliphatic carbocycles. The number of aliphatic imine (C=N–C) groups is 1. The van der Waals surface area contributed by atoms with E-state index >= 15 is 0 Å². The lowest BCUT2D eigenvalue weighted by atomic mass is 10.2. The highest BCUT2D eigenvalue weighted by Crippen LogP contribution is 2.03. The van der Waals surface area contributed by atoms with Crippen molar-refractivity contribution in [1.82, 2.24) is 24.3 Å². The van der Waals surface area contributed by atoms with Gasteiger partial charge in [0.2, 0.25) is 17.9 Å². The maximum Gasteiger partial charge on any atom is 0.336 e. The van der Waals surface area contributed by atoms with Crippen LogP contribution in [0, 0.1) is 0 Å². The van der Waals surface area contributed by atoms with Crippen molar-refractivity contribution in [3.05, 3.63) is 31.5 Å². The van der Waals surface area contributed by atoms with Crippen molar-refractivity contribution in [1.29, 1.82) is 0 Å². The van der Waals surface area contributed by atoms with Crippen molar-refractivity contribution in [3.8, 4) is 0 Å². The van der Waals surface area contributed by atoms with Gasteiger partial charge in [-0.3, -0.25) is 9.59 Å². The molecule has 0 radical (unpaired) electrons. The van der Waals surface area contributed by atoms with Crippen LogP contribution in [0.25, 0.3) is 0 Å². The summed E-state index contributed by atoms with van der Waals surface area (Å²) in [5.41, 5.74) is -1.72. The number of unbranched alkanes of at least 4 members (excludes halogenated alkanes) is 9. The Morgan fingerprint density at radius 3 is 1.29 bits per heavy atom. The lowest BCUT2D eigenvalue weighted by Crippen LogP contribution is -2.54. The molecule has 0 unspecified atom stereocenters. The third kappa shape index (κ3) is 13.3. The smallest absolute Gasteiger partial charge is 0.336 e. The van der Waals surface area contributed by atoms with Gasteiger partial charge < -0.3 is 10.6 Å². The second kappa shape index (κ2) is 19.8. The Labute approximate surface area is 223 Å². The summed E-state index contributed by atoms with van der Waals surface area (Å²) in [4.78, 5) is 74.8. The van der Waals surface area contributed by atoms with Crippen LogP contribution >= 0.6 is 0 Å². The molecule has 214 valence electrons. The molecule has 2 N–H and O–H groups in total. The highest BCUT2D eigenvalue weighted by atomic mass is 16.2. The van der Waals surface area contributed by atoms with Crippen molar-refractivity contribution in [2.45, 2.75) is 111 Å². The number of aromatic nitrogens is 3. The zero-order valence-electron chi connectivity index (χ0n) is 23.0. The van der Waals surface area contributed by atoms with E-state index < -0.39 is 17.1 Å². The van der Waals surface area contributed by atoms with E-state index in [9.17, 15) is 28.8 Å². The second-order valence-corrected chi connectivity index (χ2v) is 9.48. The van der Waals surface area contributed by atoms with Crippen molar-refractivity contribution < 1.29 is 14.4 Å². The molecule has 1 aromatic rings. The molecule has 2 amide bonds. The van der Waals surface area contributed by atoms with E-state index in [1.165, 1.54) is 33.6 Å². The highest BCUT2D eigenvalue weighted by molar-refractivity contribution is 5.72. The molecule has 0 atom stereocenters. The fourth-order valence-electron chi connectivity index (χ4n) is 4.14. The van der Waals surface area contributed by atoms with Gasteiger partial charge >= 0.3 is 17.1 Å². The summed E-state index contributed by atoms with van der Waals surface area (Å²) in [6.45, 7) is 5.25. The first-order valence-electron chi connectivity index (χ1n) is 13.8. The number of amides is 2. The van der Waals surface area contributed by atoms with Gasteiger partial charge in [-0.25, -0.2) is 37.9 Å². The van der Waals surface area contributed by atoms with E-state index in [1.807, 2.05) is 0 Å². The Bertz CT molecular complexity index is 1020. The van der Waals surface area contributed by atoms with Crippen LogP contribution < -0.4 is 27.7 Å². The normalized spacial score (nSPS) is 10.7. The number of rotatable bonds is 21.